The number of piperidine rings is 1. The average molecular weight is 454 g/mol. The number of nitrogens with zero attached hydrogens (tertiary/aromatic N) is 1. The lowest BCUT2D eigenvalue weighted by Gasteiger charge is -2.32. The summed E-state index contributed by atoms with van der Waals surface area (Å²) in [7, 11) is 1.34. The number of carbonyl (C=O) groups excluding carboxylic acids is 2. The van der Waals surface area contributed by atoms with Crippen molar-refractivity contribution in [2.75, 3.05) is 25.5 Å². The Bertz CT molecular complexity index is 1160. The molecule has 33 heavy (non-hydrogen) atoms. The molecule has 2 amide bonds. The largest absolute Gasteiger partial charge is 0.493 e. The highest BCUT2D eigenvalue weighted by Gasteiger charge is 2.29. The van der Waals surface area contributed by atoms with E-state index in [1.54, 1.807) is 17.0 Å². The molecule has 1 saturated heterocycles. The van der Waals surface area contributed by atoms with E-state index in [-0.39, 0.29) is 29.9 Å². The Morgan fingerprint density at radius 2 is 1.85 bits per heavy atom. The number of alkyl halides is 2. The van der Waals surface area contributed by atoms with E-state index in [4.69, 9.17) is 4.74 Å². The van der Waals surface area contributed by atoms with Crippen LogP contribution in [0.1, 0.15) is 23.2 Å². The summed E-state index contributed by atoms with van der Waals surface area (Å²) < 4.78 is 34.8. The zero-order valence-electron chi connectivity index (χ0n) is 18.1. The number of amides is 2. The molecule has 1 fully saturated rings. The molecule has 1 atom stereocenters. The SMILES string of the molecule is COc1ccc(NC(=O)C2CCCN(C(=O)c3cccc4ccccc34)C2)cc1OC(F)F. The molecule has 0 aromatic heterocycles. The van der Waals surface area contributed by atoms with Gasteiger partial charge in [-0.3, -0.25) is 9.59 Å². The van der Waals surface area contributed by atoms with E-state index in [9.17, 15) is 18.4 Å². The third kappa shape index (κ3) is 5.05. The summed E-state index contributed by atoms with van der Waals surface area (Å²) in [6.07, 6.45) is 1.32. The minimum atomic E-state index is -3.02. The number of carbonyl (C=O) groups is 2. The quantitative estimate of drug-likeness (QED) is 0.573. The molecule has 0 aliphatic carbocycles. The van der Waals surface area contributed by atoms with Gasteiger partial charge in [-0.25, -0.2) is 0 Å². The molecule has 1 aliphatic rings. The Labute approximate surface area is 190 Å². The molecule has 1 N–H and O–H groups in total. The number of halogens is 2. The summed E-state index contributed by atoms with van der Waals surface area (Å²) in [6.45, 7) is -2.16. The summed E-state index contributed by atoms with van der Waals surface area (Å²) in [5, 5.41) is 4.61. The van der Waals surface area contributed by atoms with Crippen LogP contribution in [0.25, 0.3) is 10.8 Å². The molecule has 6 nitrogen and oxygen atoms in total. The number of benzene rings is 3. The van der Waals surface area contributed by atoms with Gasteiger partial charge in [-0.2, -0.15) is 8.78 Å². The monoisotopic (exact) mass is 454 g/mol. The second-order valence-electron chi connectivity index (χ2n) is 7.85. The Kier molecular flexibility index (Phi) is 6.72. The lowest BCUT2D eigenvalue weighted by molar-refractivity contribution is -0.121. The minimum absolute atomic E-state index is 0.110. The normalized spacial score (nSPS) is 16.0. The molecule has 1 aliphatic heterocycles. The summed E-state index contributed by atoms with van der Waals surface area (Å²) in [4.78, 5) is 27.9. The van der Waals surface area contributed by atoms with E-state index in [2.05, 4.69) is 10.1 Å². The Morgan fingerprint density at radius 1 is 1.06 bits per heavy atom. The first-order chi connectivity index (χ1) is 16.0. The number of anilines is 1. The van der Waals surface area contributed by atoms with Crippen LogP contribution >= 0.6 is 0 Å². The summed E-state index contributed by atoms with van der Waals surface area (Å²) in [6, 6.07) is 17.6. The van der Waals surface area contributed by atoms with Crippen molar-refractivity contribution in [2.45, 2.75) is 19.5 Å². The smallest absolute Gasteiger partial charge is 0.387 e. The van der Waals surface area contributed by atoms with Gasteiger partial charge >= 0.3 is 6.61 Å². The predicted octanol–water partition coefficient (Wildman–Crippen LogP) is 4.94. The van der Waals surface area contributed by atoms with Crippen LogP contribution in [-0.4, -0.2) is 43.5 Å². The zero-order chi connectivity index (χ0) is 23.4. The van der Waals surface area contributed by atoms with Crippen molar-refractivity contribution in [3.63, 3.8) is 0 Å². The fraction of sp³-hybridized carbons (Fsp3) is 0.280. The number of hydrogen-bond acceptors (Lipinski definition) is 4. The molecule has 3 aromatic carbocycles. The number of hydrogen-bond donors (Lipinski definition) is 1. The van der Waals surface area contributed by atoms with Crippen LogP contribution < -0.4 is 14.8 Å². The lowest BCUT2D eigenvalue weighted by atomic mass is 9.95. The molecular formula is C25H24F2N2O4. The first kappa shape index (κ1) is 22.5. The molecule has 4 rings (SSSR count). The van der Waals surface area contributed by atoms with Crippen molar-refractivity contribution in [3.8, 4) is 11.5 Å². The predicted molar refractivity (Wildman–Crippen MR) is 121 cm³/mol. The number of rotatable bonds is 6. The van der Waals surface area contributed by atoms with Gasteiger partial charge in [0.15, 0.2) is 11.5 Å². The molecule has 1 heterocycles. The van der Waals surface area contributed by atoms with Crippen molar-refractivity contribution >= 4 is 28.3 Å². The standard InChI is InChI=1S/C25H24F2N2O4/c1-32-21-12-11-18(14-22(21)33-25(26)27)28-23(30)17-8-5-13-29(15-17)24(31)20-10-4-7-16-6-2-3-9-19(16)20/h2-4,6-7,9-12,14,17,25H,5,8,13,15H2,1H3,(H,28,30). The highest BCUT2D eigenvalue weighted by atomic mass is 19.3. The molecule has 3 aromatic rings. The maximum Gasteiger partial charge on any atom is 0.387 e. The van der Waals surface area contributed by atoms with Gasteiger partial charge < -0.3 is 19.7 Å². The highest BCUT2D eigenvalue weighted by Crippen LogP contribution is 2.32. The number of methoxy groups -OCH3 is 1. The molecule has 0 bridgehead atoms. The average Bonchev–Trinajstić information content (AvgIpc) is 2.83. The van der Waals surface area contributed by atoms with Crippen molar-refractivity contribution in [2.24, 2.45) is 5.92 Å². The van der Waals surface area contributed by atoms with E-state index in [0.29, 0.717) is 30.6 Å². The zero-order valence-corrected chi connectivity index (χ0v) is 18.1. The van der Waals surface area contributed by atoms with E-state index in [1.165, 1.54) is 19.2 Å². The van der Waals surface area contributed by atoms with Crippen LogP contribution in [0.5, 0.6) is 11.5 Å². The van der Waals surface area contributed by atoms with Gasteiger partial charge in [-0.15, -0.1) is 0 Å². The molecule has 8 heteroatoms. The Hall–Kier alpha value is -3.68. The maximum absolute atomic E-state index is 13.3. The van der Waals surface area contributed by atoms with Crippen molar-refractivity contribution < 1.29 is 27.8 Å². The third-order valence-electron chi connectivity index (χ3n) is 5.75. The topological polar surface area (TPSA) is 67.9 Å². The third-order valence-corrected chi connectivity index (χ3v) is 5.75. The number of ether oxygens (including phenoxy) is 2. The number of nitrogens with one attached hydrogen (secondary N) is 1. The highest BCUT2D eigenvalue weighted by molar-refractivity contribution is 6.07. The molecule has 0 saturated carbocycles. The van der Waals surface area contributed by atoms with Crippen LogP contribution in [-0.2, 0) is 4.79 Å². The number of fused-ring (bicyclic) bond motifs is 1. The Balaban J connectivity index is 1.47. The van der Waals surface area contributed by atoms with Gasteiger partial charge in [0.2, 0.25) is 5.91 Å². The summed E-state index contributed by atoms with van der Waals surface area (Å²) in [5.41, 5.74) is 0.923. The van der Waals surface area contributed by atoms with Crippen molar-refractivity contribution in [3.05, 3.63) is 66.2 Å². The van der Waals surface area contributed by atoms with Crippen LogP contribution in [0, 0.1) is 5.92 Å². The van der Waals surface area contributed by atoms with Gasteiger partial charge in [0.05, 0.1) is 13.0 Å². The molecule has 0 radical (unpaired) electrons. The molecule has 172 valence electrons. The van der Waals surface area contributed by atoms with E-state index < -0.39 is 12.5 Å². The van der Waals surface area contributed by atoms with Gasteiger partial charge in [-0.05, 0) is 41.8 Å². The fourth-order valence-corrected chi connectivity index (χ4v) is 4.14. The second kappa shape index (κ2) is 9.85. The van der Waals surface area contributed by atoms with Crippen molar-refractivity contribution in [1.29, 1.82) is 0 Å². The summed E-state index contributed by atoms with van der Waals surface area (Å²) in [5.74, 6) is -0.835. The number of likely N-dealkylation sites (tertiary alicyclic amines) is 1. The second-order valence-corrected chi connectivity index (χ2v) is 7.85. The van der Waals surface area contributed by atoms with Gasteiger partial charge in [0.1, 0.15) is 0 Å². The first-order valence-corrected chi connectivity index (χ1v) is 10.7. The summed E-state index contributed by atoms with van der Waals surface area (Å²) >= 11 is 0. The lowest BCUT2D eigenvalue weighted by Crippen LogP contribution is -2.43. The van der Waals surface area contributed by atoms with E-state index >= 15 is 0 Å². The van der Waals surface area contributed by atoms with Gasteiger partial charge in [0.25, 0.3) is 5.91 Å². The minimum Gasteiger partial charge on any atom is -0.493 e. The van der Waals surface area contributed by atoms with Crippen LogP contribution in [0.3, 0.4) is 0 Å². The molecule has 0 spiro atoms. The first-order valence-electron chi connectivity index (χ1n) is 10.7. The molecular weight excluding hydrogens is 430 g/mol. The maximum atomic E-state index is 13.3. The van der Waals surface area contributed by atoms with Gasteiger partial charge in [-0.1, -0.05) is 36.4 Å². The van der Waals surface area contributed by atoms with Crippen LogP contribution in [0.4, 0.5) is 14.5 Å². The van der Waals surface area contributed by atoms with Crippen molar-refractivity contribution in [1.82, 2.24) is 4.90 Å². The Morgan fingerprint density at radius 3 is 2.64 bits per heavy atom. The van der Waals surface area contributed by atoms with Crippen LogP contribution in [0.15, 0.2) is 60.7 Å². The van der Waals surface area contributed by atoms with E-state index in [1.807, 2.05) is 36.4 Å². The van der Waals surface area contributed by atoms with Crippen LogP contribution in [0.2, 0.25) is 0 Å². The van der Waals surface area contributed by atoms with E-state index in [0.717, 1.165) is 10.8 Å². The fourth-order valence-electron chi connectivity index (χ4n) is 4.14. The van der Waals surface area contributed by atoms with Gasteiger partial charge in [0, 0.05) is 30.4 Å². The molecule has 1 unspecified atom stereocenters.